The number of amides is 4. The number of piperazine rings is 1. The maximum atomic E-state index is 13.5. The molecule has 1 aromatic rings. The predicted octanol–water partition coefficient (Wildman–Crippen LogP) is 4.12. The molecule has 1 unspecified atom stereocenters. The minimum atomic E-state index is -4.44. The van der Waals surface area contributed by atoms with Crippen molar-refractivity contribution in [3.63, 3.8) is 0 Å². The summed E-state index contributed by atoms with van der Waals surface area (Å²) in [5.41, 5.74) is -1.38. The van der Waals surface area contributed by atoms with Gasteiger partial charge >= 0.3 is 12.2 Å². The molecule has 1 atom stereocenters. The summed E-state index contributed by atoms with van der Waals surface area (Å²) in [6.45, 7) is 1.94. The second kappa shape index (κ2) is 9.59. The molecule has 0 bridgehead atoms. The zero-order valence-corrected chi connectivity index (χ0v) is 20.4. The Bertz CT molecular complexity index is 1020. The number of halogens is 3. The first kappa shape index (κ1) is 24.9. The molecule has 36 heavy (non-hydrogen) atoms. The molecule has 4 amide bonds. The lowest BCUT2D eigenvalue weighted by molar-refractivity contribution is -0.146. The second-order valence-electron chi connectivity index (χ2n) is 10.6. The van der Waals surface area contributed by atoms with E-state index in [1.807, 2.05) is 0 Å². The summed E-state index contributed by atoms with van der Waals surface area (Å²) >= 11 is 0. The molecular weight excluding hydrogens is 473 g/mol. The standard InChI is InChI=1S/C26H33F3N4O3/c27-26(28,29)20-9-4-5-10-21(20)30-13-15-31(16-14-30)24(36)32-12-6-11-25(18-32)17-22(34)33(23(25)35)19-7-2-1-3-8-19/h4-5,9-10,19H,1-3,6-8,11-18H2. The highest BCUT2D eigenvalue weighted by atomic mass is 19.4. The summed E-state index contributed by atoms with van der Waals surface area (Å²) in [5.74, 6) is -0.233. The van der Waals surface area contributed by atoms with Gasteiger partial charge < -0.3 is 14.7 Å². The van der Waals surface area contributed by atoms with Crippen LogP contribution in [0.25, 0.3) is 0 Å². The third-order valence-corrected chi connectivity index (χ3v) is 8.32. The van der Waals surface area contributed by atoms with Crippen LogP contribution in [-0.2, 0) is 15.8 Å². The predicted molar refractivity (Wildman–Crippen MR) is 127 cm³/mol. The summed E-state index contributed by atoms with van der Waals surface area (Å²) in [4.78, 5) is 46.3. The van der Waals surface area contributed by atoms with Crippen molar-refractivity contribution in [1.82, 2.24) is 14.7 Å². The number of piperidine rings is 1. The summed E-state index contributed by atoms with van der Waals surface area (Å²) in [6.07, 6.45) is 1.88. The lowest BCUT2D eigenvalue weighted by Crippen LogP contribution is -2.57. The Morgan fingerprint density at radius 3 is 2.28 bits per heavy atom. The number of likely N-dealkylation sites (tertiary alicyclic amines) is 2. The number of imide groups is 1. The normalized spacial score (nSPS) is 26.3. The lowest BCUT2D eigenvalue weighted by atomic mass is 9.78. The van der Waals surface area contributed by atoms with Crippen LogP contribution in [0.4, 0.5) is 23.7 Å². The van der Waals surface area contributed by atoms with Gasteiger partial charge in [0.05, 0.1) is 11.0 Å². The number of hydrogen-bond acceptors (Lipinski definition) is 4. The smallest absolute Gasteiger partial charge is 0.367 e. The van der Waals surface area contributed by atoms with Gasteiger partial charge in [-0.05, 0) is 37.8 Å². The Labute approximate surface area is 209 Å². The molecule has 3 heterocycles. The van der Waals surface area contributed by atoms with Crippen molar-refractivity contribution < 1.29 is 27.6 Å². The van der Waals surface area contributed by atoms with E-state index in [0.29, 0.717) is 45.6 Å². The van der Waals surface area contributed by atoms with Gasteiger partial charge in [-0.2, -0.15) is 13.2 Å². The molecule has 1 aliphatic carbocycles. The summed E-state index contributed by atoms with van der Waals surface area (Å²) in [5, 5.41) is 0. The minimum absolute atomic E-state index is 0.0168. The number of para-hydroxylation sites is 1. The van der Waals surface area contributed by atoms with Crippen molar-refractivity contribution >= 4 is 23.5 Å². The molecule has 196 valence electrons. The molecule has 0 radical (unpaired) electrons. The molecule has 0 N–H and O–H groups in total. The third-order valence-electron chi connectivity index (χ3n) is 8.32. The topological polar surface area (TPSA) is 64.2 Å². The maximum Gasteiger partial charge on any atom is 0.418 e. The summed E-state index contributed by atoms with van der Waals surface area (Å²) in [6, 6.07) is 5.30. The Hall–Kier alpha value is -2.78. The molecular formula is C26H33F3N4O3. The fraction of sp³-hybridized carbons (Fsp3) is 0.654. The number of urea groups is 1. The molecule has 3 saturated heterocycles. The van der Waals surface area contributed by atoms with Crippen LogP contribution in [0.2, 0.25) is 0 Å². The third kappa shape index (κ3) is 4.54. The van der Waals surface area contributed by atoms with Gasteiger partial charge in [-0.15, -0.1) is 0 Å². The number of hydrogen-bond donors (Lipinski definition) is 0. The quantitative estimate of drug-likeness (QED) is 0.566. The molecule has 7 nitrogen and oxygen atoms in total. The van der Waals surface area contributed by atoms with Crippen LogP contribution in [0.15, 0.2) is 24.3 Å². The van der Waals surface area contributed by atoms with Crippen LogP contribution in [0.3, 0.4) is 0 Å². The highest BCUT2D eigenvalue weighted by Crippen LogP contribution is 2.43. The van der Waals surface area contributed by atoms with Gasteiger partial charge in [0.15, 0.2) is 0 Å². The Kier molecular flexibility index (Phi) is 6.63. The lowest BCUT2D eigenvalue weighted by Gasteiger charge is -2.43. The van der Waals surface area contributed by atoms with E-state index in [-0.39, 0.29) is 42.5 Å². The molecule has 1 spiro atoms. The number of carbonyl (C=O) groups is 3. The second-order valence-corrected chi connectivity index (χ2v) is 10.6. The SMILES string of the molecule is O=C(N1CCN(c2ccccc2C(F)(F)F)CC1)N1CCCC2(CC(=O)N(C3CCCCC3)C2=O)C1. The van der Waals surface area contributed by atoms with E-state index in [1.165, 1.54) is 17.0 Å². The van der Waals surface area contributed by atoms with E-state index in [9.17, 15) is 27.6 Å². The number of carbonyl (C=O) groups excluding carboxylic acids is 3. The Morgan fingerprint density at radius 2 is 1.58 bits per heavy atom. The monoisotopic (exact) mass is 506 g/mol. The van der Waals surface area contributed by atoms with Gasteiger partial charge in [-0.1, -0.05) is 31.4 Å². The first-order valence-electron chi connectivity index (χ1n) is 13.0. The van der Waals surface area contributed by atoms with E-state index < -0.39 is 17.2 Å². The van der Waals surface area contributed by atoms with Gasteiger partial charge in [0.2, 0.25) is 11.8 Å². The van der Waals surface area contributed by atoms with Gasteiger partial charge in [-0.25, -0.2) is 4.79 Å². The number of alkyl halides is 3. The van der Waals surface area contributed by atoms with Crippen LogP contribution in [0.1, 0.15) is 56.9 Å². The largest absolute Gasteiger partial charge is 0.418 e. The number of anilines is 1. The van der Waals surface area contributed by atoms with E-state index in [2.05, 4.69) is 0 Å². The molecule has 4 aliphatic rings. The van der Waals surface area contributed by atoms with Crippen LogP contribution in [0, 0.1) is 5.41 Å². The highest BCUT2D eigenvalue weighted by molar-refractivity contribution is 6.06. The van der Waals surface area contributed by atoms with Crippen LogP contribution in [-0.4, -0.2) is 77.9 Å². The maximum absolute atomic E-state index is 13.5. The molecule has 4 fully saturated rings. The van der Waals surface area contributed by atoms with Gasteiger partial charge in [0, 0.05) is 57.4 Å². The number of nitrogens with zero attached hydrogens (tertiary/aromatic N) is 4. The summed E-state index contributed by atoms with van der Waals surface area (Å²) < 4.78 is 40.3. The molecule has 10 heteroatoms. The zero-order valence-electron chi connectivity index (χ0n) is 20.4. The molecule has 5 rings (SSSR count). The fourth-order valence-electron chi connectivity index (χ4n) is 6.47. The number of rotatable bonds is 2. The van der Waals surface area contributed by atoms with Gasteiger partial charge in [0.25, 0.3) is 0 Å². The van der Waals surface area contributed by atoms with Crippen molar-refractivity contribution in [2.45, 2.75) is 63.6 Å². The fourth-order valence-corrected chi connectivity index (χ4v) is 6.47. The van der Waals surface area contributed by atoms with Crippen molar-refractivity contribution in [1.29, 1.82) is 0 Å². The average Bonchev–Trinajstić information content (AvgIpc) is 3.12. The zero-order chi connectivity index (χ0) is 25.5. The van der Waals surface area contributed by atoms with Gasteiger partial charge in [0.1, 0.15) is 0 Å². The highest BCUT2D eigenvalue weighted by Gasteiger charge is 2.55. The molecule has 3 aliphatic heterocycles. The van der Waals surface area contributed by atoms with Crippen molar-refractivity contribution in [2.75, 3.05) is 44.2 Å². The van der Waals surface area contributed by atoms with Crippen LogP contribution in [0.5, 0.6) is 0 Å². The summed E-state index contributed by atoms with van der Waals surface area (Å²) in [7, 11) is 0. The molecule has 1 aromatic carbocycles. The van der Waals surface area contributed by atoms with E-state index in [4.69, 9.17) is 0 Å². The van der Waals surface area contributed by atoms with Gasteiger partial charge in [-0.3, -0.25) is 14.5 Å². The minimum Gasteiger partial charge on any atom is -0.367 e. The van der Waals surface area contributed by atoms with Crippen molar-refractivity contribution in [3.05, 3.63) is 29.8 Å². The Morgan fingerprint density at radius 1 is 0.889 bits per heavy atom. The first-order valence-corrected chi connectivity index (χ1v) is 13.0. The molecule has 1 saturated carbocycles. The van der Waals surface area contributed by atoms with E-state index >= 15 is 0 Å². The van der Waals surface area contributed by atoms with E-state index in [0.717, 1.165) is 38.2 Å². The molecule has 0 aromatic heterocycles. The van der Waals surface area contributed by atoms with Crippen LogP contribution >= 0.6 is 0 Å². The van der Waals surface area contributed by atoms with E-state index in [1.54, 1.807) is 20.8 Å². The number of benzene rings is 1. The first-order chi connectivity index (χ1) is 17.2. The average molecular weight is 507 g/mol. The van der Waals surface area contributed by atoms with Crippen molar-refractivity contribution in [3.8, 4) is 0 Å². The van der Waals surface area contributed by atoms with Crippen molar-refractivity contribution in [2.24, 2.45) is 5.41 Å². The van der Waals surface area contributed by atoms with Crippen LogP contribution < -0.4 is 4.90 Å². The Balaban J connectivity index is 1.23.